The Bertz CT molecular complexity index is 342. The van der Waals surface area contributed by atoms with Crippen LogP contribution in [0.1, 0.15) is 36.0 Å². The molecule has 0 bridgehead atoms. The Morgan fingerprint density at radius 1 is 1.27 bits per heavy atom. The SMILES string of the molecule is O=C(c1csc(I)c1)N1CCCCCC1. The minimum Gasteiger partial charge on any atom is -0.339 e. The largest absolute Gasteiger partial charge is 0.339 e. The van der Waals surface area contributed by atoms with Crippen LogP contribution in [0.4, 0.5) is 0 Å². The Hall–Kier alpha value is -0.100. The second-order valence-electron chi connectivity index (χ2n) is 3.85. The van der Waals surface area contributed by atoms with E-state index in [1.54, 1.807) is 11.3 Å². The number of rotatable bonds is 1. The maximum atomic E-state index is 12.1. The molecule has 2 nitrogen and oxygen atoms in total. The molecule has 0 unspecified atom stereocenters. The van der Waals surface area contributed by atoms with Gasteiger partial charge in [0, 0.05) is 18.5 Å². The van der Waals surface area contributed by atoms with E-state index in [0.717, 1.165) is 31.5 Å². The van der Waals surface area contributed by atoms with Crippen LogP contribution >= 0.6 is 33.9 Å². The van der Waals surface area contributed by atoms with Crippen molar-refractivity contribution in [1.82, 2.24) is 4.90 Å². The molecule has 4 heteroatoms. The van der Waals surface area contributed by atoms with Gasteiger partial charge in [0.05, 0.1) is 8.45 Å². The molecule has 2 rings (SSSR count). The van der Waals surface area contributed by atoms with Crippen molar-refractivity contribution in [1.29, 1.82) is 0 Å². The van der Waals surface area contributed by atoms with E-state index >= 15 is 0 Å². The zero-order valence-electron chi connectivity index (χ0n) is 8.54. The van der Waals surface area contributed by atoms with Gasteiger partial charge in [0.2, 0.25) is 0 Å². The highest BCUT2D eigenvalue weighted by Crippen LogP contribution is 2.19. The summed E-state index contributed by atoms with van der Waals surface area (Å²) >= 11 is 3.90. The van der Waals surface area contributed by atoms with Gasteiger partial charge < -0.3 is 4.90 Å². The molecule has 0 atom stereocenters. The van der Waals surface area contributed by atoms with E-state index in [2.05, 4.69) is 22.6 Å². The lowest BCUT2D eigenvalue weighted by Crippen LogP contribution is -2.31. The third-order valence-corrected chi connectivity index (χ3v) is 4.50. The fourth-order valence-corrected chi connectivity index (χ4v) is 3.20. The summed E-state index contributed by atoms with van der Waals surface area (Å²) < 4.78 is 1.19. The zero-order chi connectivity index (χ0) is 10.7. The molecule has 1 amide bonds. The van der Waals surface area contributed by atoms with Gasteiger partial charge in [-0.15, -0.1) is 11.3 Å². The van der Waals surface area contributed by atoms with Crippen molar-refractivity contribution in [3.8, 4) is 0 Å². The van der Waals surface area contributed by atoms with Gasteiger partial charge in [-0.05, 0) is 41.5 Å². The lowest BCUT2D eigenvalue weighted by Gasteiger charge is -2.19. The van der Waals surface area contributed by atoms with E-state index in [1.165, 1.54) is 15.7 Å². The summed E-state index contributed by atoms with van der Waals surface area (Å²) in [6.45, 7) is 1.87. The number of halogens is 1. The molecule has 0 N–H and O–H groups in total. The normalized spacial score (nSPS) is 17.5. The predicted octanol–water partition coefficient (Wildman–Crippen LogP) is 3.37. The van der Waals surface area contributed by atoms with E-state index in [0.29, 0.717) is 0 Å². The van der Waals surface area contributed by atoms with Crippen LogP contribution in [0.25, 0.3) is 0 Å². The van der Waals surface area contributed by atoms with E-state index in [4.69, 9.17) is 0 Å². The standard InChI is InChI=1S/C11H14INOS/c12-10-7-9(8-15-10)11(14)13-5-3-1-2-4-6-13/h7-8H,1-6H2. The zero-order valence-corrected chi connectivity index (χ0v) is 11.5. The maximum Gasteiger partial charge on any atom is 0.254 e. The first kappa shape index (κ1) is 11.4. The molecule has 1 fully saturated rings. The predicted molar refractivity (Wildman–Crippen MR) is 71.4 cm³/mol. The number of hydrogen-bond acceptors (Lipinski definition) is 2. The first-order valence-electron chi connectivity index (χ1n) is 5.31. The molecule has 1 saturated heterocycles. The molecule has 0 saturated carbocycles. The Labute approximate surface area is 108 Å². The van der Waals surface area contributed by atoms with Crippen LogP contribution in [0.2, 0.25) is 0 Å². The Balaban J connectivity index is 2.06. The number of amides is 1. The number of likely N-dealkylation sites (tertiary alicyclic amines) is 1. The molecule has 1 aromatic heterocycles. The minimum absolute atomic E-state index is 0.219. The first-order chi connectivity index (χ1) is 7.27. The number of thiophene rings is 1. The van der Waals surface area contributed by atoms with Crippen molar-refractivity contribution in [3.63, 3.8) is 0 Å². The van der Waals surface area contributed by atoms with Crippen molar-refractivity contribution in [2.75, 3.05) is 13.1 Å². The molecule has 15 heavy (non-hydrogen) atoms. The fraction of sp³-hybridized carbons (Fsp3) is 0.545. The Morgan fingerprint density at radius 2 is 1.93 bits per heavy atom. The van der Waals surface area contributed by atoms with Gasteiger partial charge in [-0.1, -0.05) is 12.8 Å². The van der Waals surface area contributed by atoms with Crippen molar-refractivity contribution in [2.24, 2.45) is 0 Å². The van der Waals surface area contributed by atoms with Gasteiger partial charge >= 0.3 is 0 Å². The highest BCUT2D eigenvalue weighted by atomic mass is 127. The molecule has 82 valence electrons. The number of nitrogens with zero attached hydrogens (tertiary/aromatic N) is 1. The van der Waals surface area contributed by atoms with Gasteiger partial charge in [0.15, 0.2) is 0 Å². The Morgan fingerprint density at radius 3 is 2.47 bits per heavy atom. The second-order valence-corrected chi connectivity index (χ2v) is 6.65. The molecule has 1 aliphatic heterocycles. The summed E-state index contributed by atoms with van der Waals surface area (Å²) in [6, 6.07) is 1.98. The number of carbonyl (C=O) groups is 1. The van der Waals surface area contributed by atoms with Crippen LogP contribution in [0.15, 0.2) is 11.4 Å². The van der Waals surface area contributed by atoms with Crippen molar-refractivity contribution >= 4 is 39.8 Å². The van der Waals surface area contributed by atoms with Gasteiger partial charge in [0.1, 0.15) is 0 Å². The van der Waals surface area contributed by atoms with Gasteiger partial charge in [-0.3, -0.25) is 4.79 Å². The van der Waals surface area contributed by atoms with Gasteiger partial charge in [-0.2, -0.15) is 0 Å². The third kappa shape index (κ3) is 2.93. The van der Waals surface area contributed by atoms with Crippen molar-refractivity contribution in [3.05, 3.63) is 19.9 Å². The summed E-state index contributed by atoms with van der Waals surface area (Å²) in [4.78, 5) is 14.1. The average Bonchev–Trinajstić information content (AvgIpc) is 2.53. The quantitative estimate of drug-likeness (QED) is 0.721. The fourth-order valence-electron chi connectivity index (χ4n) is 1.88. The lowest BCUT2D eigenvalue weighted by molar-refractivity contribution is 0.0762. The van der Waals surface area contributed by atoms with E-state index in [9.17, 15) is 4.79 Å². The van der Waals surface area contributed by atoms with Crippen LogP contribution in [0.3, 0.4) is 0 Å². The van der Waals surface area contributed by atoms with Gasteiger partial charge in [-0.25, -0.2) is 0 Å². The maximum absolute atomic E-state index is 12.1. The third-order valence-electron chi connectivity index (χ3n) is 2.71. The Kier molecular flexibility index (Phi) is 4.02. The van der Waals surface area contributed by atoms with Crippen LogP contribution in [0, 0.1) is 2.88 Å². The van der Waals surface area contributed by atoms with E-state index < -0.39 is 0 Å². The minimum atomic E-state index is 0.219. The molecule has 0 spiro atoms. The van der Waals surface area contributed by atoms with Crippen molar-refractivity contribution < 1.29 is 4.79 Å². The summed E-state index contributed by atoms with van der Waals surface area (Å²) in [7, 11) is 0. The molecule has 0 aromatic carbocycles. The summed E-state index contributed by atoms with van der Waals surface area (Å²) in [5, 5.41) is 1.97. The highest BCUT2D eigenvalue weighted by molar-refractivity contribution is 14.1. The molecule has 1 aliphatic rings. The number of hydrogen-bond donors (Lipinski definition) is 0. The molecular weight excluding hydrogens is 321 g/mol. The topological polar surface area (TPSA) is 20.3 Å². The summed E-state index contributed by atoms with van der Waals surface area (Å²) in [6.07, 6.45) is 4.86. The summed E-state index contributed by atoms with van der Waals surface area (Å²) in [5.74, 6) is 0.219. The smallest absolute Gasteiger partial charge is 0.254 e. The van der Waals surface area contributed by atoms with Gasteiger partial charge in [0.25, 0.3) is 5.91 Å². The lowest BCUT2D eigenvalue weighted by atomic mass is 10.2. The number of carbonyl (C=O) groups excluding carboxylic acids is 1. The molecular formula is C11H14INOS. The molecule has 0 radical (unpaired) electrons. The molecule has 0 aliphatic carbocycles. The summed E-state index contributed by atoms with van der Waals surface area (Å²) in [5.41, 5.74) is 0.867. The average molecular weight is 335 g/mol. The van der Waals surface area contributed by atoms with Crippen LogP contribution in [-0.4, -0.2) is 23.9 Å². The molecule has 1 aromatic rings. The monoisotopic (exact) mass is 335 g/mol. The van der Waals surface area contributed by atoms with E-state index in [1.807, 2.05) is 16.3 Å². The van der Waals surface area contributed by atoms with E-state index in [-0.39, 0.29) is 5.91 Å². The highest BCUT2D eigenvalue weighted by Gasteiger charge is 2.17. The second kappa shape index (κ2) is 5.30. The van der Waals surface area contributed by atoms with Crippen LogP contribution < -0.4 is 0 Å². The van der Waals surface area contributed by atoms with Crippen LogP contribution in [0.5, 0.6) is 0 Å². The molecule has 2 heterocycles. The van der Waals surface area contributed by atoms with Crippen LogP contribution in [-0.2, 0) is 0 Å². The first-order valence-corrected chi connectivity index (χ1v) is 7.26. The van der Waals surface area contributed by atoms with Crippen molar-refractivity contribution in [2.45, 2.75) is 25.7 Å².